The SMILES string of the molecule is CO[C@@H]1O[C@@H]([C@@H](COC(=O)c2ccccc2)OC(=O)c2ccccc2)[C@H](O)[C@H]1OC(=O)c1ccccc1. The highest BCUT2D eigenvalue weighted by atomic mass is 16.7. The first-order valence-electron chi connectivity index (χ1n) is 11.6. The number of hydrogen-bond donors (Lipinski definition) is 1. The van der Waals surface area contributed by atoms with Gasteiger partial charge >= 0.3 is 17.9 Å². The van der Waals surface area contributed by atoms with Crippen LogP contribution in [0.15, 0.2) is 91.0 Å². The number of carbonyl (C=O) groups is 3. The lowest BCUT2D eigenvalue weighted by Crippen LogP contribution is -2.45. The molecule has 0 amide bonds. The zero-order valence-electron chi connectivity index (χ0n) is 20.0. The van der Waals surface area contributed by atoms with Crippen LogP contribution in [0.2, 0.25) is 0 Å². The van der Waals surface area contributed by atoms with Crippen molar-refractivity contribution in [1.29, 1.82) is 0 Å². The van der Waals surface area contributed by atoms with Gasteiger partial charge in [0.1, 0.15) is 18.8 Å². The molecule has 3 aromatic rings. The number of benzene rings is 3. The van der Waals surface area contributed by atoms with E-state index in [0.717, 1.165) is 0 Å². The van der Waals surface area contributed by atoms with Crippen molar-refractivity contribution < 1.29 is 43.2 Å². The number of aliphatic hydroxyl groups is 1. The molecule has 4 rings (SSSR count). The van der Waals surface area contributed by atoms with Crippen LogP contribution in [0, 0.1) is 0 Å². The monoisotopic (exact) mass is 506 g/mol. The number of aliphatic hydroxyl groups excluding tert-OH is 1. The smallest absolute Gasteiger partial charge is 0.338 e. The minimum absolute atomic E-state index is 0.254. The summed E-state index contributed by atoms with van der Waals surface area (Å²) in [6, 6.07) is 24.7. The lowest BCUT2D eigenvalue weighted by Gasteiger charge is -2.25. The lowest BCUT2D eigenvalue weighted by atomic mass is 10.1. The first kappa shape index (κ1) is 26.0. The summed E-state index contributed by atoms with van der Waals surface area (Å²) in [6.45, 7) is -0.427. The minimum atomic E-state index is -1.46. The second-order valence-electron chi connectivity index (χ2n) is 8.21. The van der Waals surface area contributed by atoms with Crippen LogP contribution in [0.4, 0.5) is 0 Å². The Balaban J connectivity index is 1.52. The van der Waals surface area contributed by atoms with Crippen molar-refractivity contribution >= 4 is 17.9 Å². The molecular weight excluding hydrogens is 480 g/mol. The maximum Gasteiger partial charge on any atom is 0.338 e. The maximum atomic E-state index is 12.8. The third kappa shape index (κ3) is 6.39. The normalized spacial score (nSPS) is 21.6. The van der Waals surface area contributed by atoms with Crippen LogP contribution >= 0.6 is 0 Å². The molecule has 5 atom stereocenters. The van der Waals surface area contributed by atoms with Gasteiger partial charge in [-0.1, -0.05) is 54.6 Å². The number of rotatable bonds is 9. The van der Waals surface area contributed by atoms with E-state index in [4.69, 9.17) is 23.7 Å². The number of ether oxygens (including phenoxy) is 5. The summed E-state index contributed by atoms with van der Waals surface area (Å²) >= 11 is 0. The molecule has 0 bridgehead atoms. The quantitative estimate of drug-likeness (QED) is 0.345. The molecule has 1 fully saturated rings. The van der Waals surface area contributed by atoms with E-state index in [1.807, 2.05) is 0 Å². The number of esters is 3. The maximum absolute atomic E-state index is 12.8. The molecule has 1 aliphatic rings. The molecule has 0 saturated carbocycles. The summed E-state index contributed by atoms with van der Waals surface area (Å²) in [5.41, 5.74) is 0.828. The Morgan fingerprint density at radius 2 is 1.27 bits per heavy atom. The zero-order chi connectivity index (χ0) is 26.2. The lowest BCUT2D eigenvalue weighted by molar-refractivity contribution is -0.168. The largest absolute Gasteiger partial charge is 0.458 e. The van der Waals surface area contributed by atoms with Crippen LogP contribution in [0.5, 0.6) is 0 Å². The summed E-state index contributed by atoms with van der Waals surface area (Å²) in [5, 5.41) is 11.1. The summed E-state index contributed by atoms with van der Waals surface area (Å²) in [6.07, 6.45) is -6.31. The van der Waals surface area contributed by atoms with Crippen molar-refractivity contribution in [3.05, 3.63) is 108 Å². The van der Waals surface area contributed by atoms with Gasteiger partial charge in [0.05, 0.1) is 16.7 Å². The number of hydrogen-bond acceptors (Lipinski definition) is 9. The third-order valence-electron chi connectivity index (χ3n) is 5.74. The van der Waals surface area contributed by atoms with Crippen molar-refractivity contribution in [2.45, 2.75) is 30.7 Å². The Bertz CT molecular complexity index is 1180. The third-order valence-corrected chi connectivity index (χ3v) is 5.74. The van der Waals surface area contributed by atoms with E-state index in [1.165, 1.54) is 7.11 Å². The molecule has 3 aromatic carbocycles. The first-order valence-corrected chi connectivity index (χ1v) is 11.6. The van der Waals surface area contributed by atoms with Crippen LogP contribution in [-0.4, -0.2) is 67.4 Å². The van der Waals surface area contributed by atoms with Gasteiger partial charge in [0.15, 0.2) is 18.5 Å². The van der Waals surface area contributed by atoms with Crippen molar-refractivity contribution in [3.63, 3.8) is 0 Å². The molecule has 1 saturated heterocycles. The van der Waals surface area contributed by atoms with Gasteiger partial charge in [-0.3, -0.25) is 0 Å². The van der Waals surface area contributed by atoms with E-state index in [2.05, 4.69) is 0 Å². The topological polar surface area (TPSA) is 118 Å². The average molecular weight is 507 g/mol. The predicted octanol–water partition coefficient (Wildman–Crippen LogP) is 3.03. The van der Waals surface area contributed by atoms with Gasteiger partial charge in [-0.25, -0.2) is 14.4 Å². The fourth-order valence-corrected chi connectivity index (χ4v) is 3.84. The molecule has 0 spiro atoms. The highest BCUT2D eigenvalue weighted by Gasteiger charge is 2.51. The van der Waals surface area contributed by atoms with Crippen LogP contribution in [0.1, 0.15) is 31.1 Å². The van der Waals surface area contributed by atoms with Gasteiger partial charge in [-0.15, -0.1) is 0 Å². The molecule has 192 valence electrons. The van der Waals surface area contributed by atoms with E-state index < -0.39 is 55.2 Å². The summed E-state index contributed by atoms with van der Waals surface area (Å²) in [5.74, 6) is -2.05. The van der Waals surface area contributed by atoms with E-state index in [9.17, 15) is 19.5 Å². The second kappa shape index (κ2) is 12.3. The molecular formula is C28H26O9. The van der Waals surface area contributed by atoms with Crippen LogP contribution in [0.3, 0.4) is 0 Å². The van der Waals surface area contributed by atoms with Crippen LogP contribution in [-0.2, 0) is 23.7 Å². The van der Waals surface area contributed by atoms with Gasteiger partial charge in [0, 0.05) is 7.11 Å². The van der Waals surface area contributed by atoms with Gasteiger partial charge in [-0.05, 0) is 36.4 Å². The molecule has 9 heteroatoms. The van der Waals surface area contributed by atoms with Crippen molar-refractivity contribution in [2.24, 2.45) is 0 Å². The highest BCUT2D eigenvalue weighted by molar-refractivity contribution is 5.90. The molecule has 0 aliphatic carbocycles. The Kier molecular flexibility index (Phi) is 8.63. The molecule has 9 nitrogen and oxygen atoms in total. The van der Waals surface area contributed by atoms with E-state index in [-0.39, 0.29) is 11.1 Å². The Morgan fingerprint density at radius 1 is 0.784 bits per heavy atom. The predicted molar refractivity (Wildman–Crippen MR) is 130 cm³/mol. The summed E-state index contributed by atoms with van der Waals surface area (Å²) < 4.78 is 27.6. The van der Waals surface area contributed by atoms with E-state index >= 15 is 0 Å². The van der Waals surface area contributed by atoms with Gasteiger partial charge in [0.2, 0.25) is 0 Å². The minimum Gasteiger partial charge on any atom is -0.458 e. The highest BCUT2D eigenvalue weighted by Crippen LogP contribution is 2.29. The van der Waals surface area contributed by atoms with Gasteiger partial charge in [0.25, 0.3) is 0 Å². The zero-order valence-corrected chi connectivity index (χ0v) is 20.0. The number of carbonyl (C=O) groups excluding carboxylic acids is 3. The fourth-order valence-electron chi connectivity index (χ4n) is 3.84. The molecule has 1 aliphatic heterocycles. The van der Waals surface area contributed by atoms with Crippen molar-refractivity contribution in [3.8, 4) is 0 Å². The van der Waals surface area contributed by atoms with E-state index in [1.54, 1.807) is 91.0 Å². The average Bonchev–Trinajstić information content (AvgIpc) is 3.26. The Hall–Kier alpha value is -4.05. The van der Waals surface area contributed by atoms with Crippen LogP contribution < -0.4 is 0 Å². The van der Waals surface area contributed by atoms with Crippen molar-refractivity contribution in [1.82, 2.24) is 0 Å². The molecule has 1 N–H and O–H groups in total. The van der Waals surface area contributed by atoms with Gasteiger partial charge < -0.3 is 28.8 Å². The second-order valence-corrected chi connectivity index (χ2v) is 8.21. The fraction of sp³-hybridized carbons (Fsp3) is 0.250. The first-order chi connectivity index (χ1) is 18.0. The molecule has 1 heterocycles. The van der Waals surface area contributed by atoms with E-state index in [0.29, 0.717) is 5.56 Å². The Labute approximate surface area is 213 Å². The standard InChI is InChI=1S/C28H26O9/c1-33-28-24(36-27(32)20-15-9-4-10-16-20)22(29)23(37-28)21(35-26(31)19-13-7-3-8-14-19)17-34-25(30)18-11-5-2-6-12-18/h2-16,21-24,28-29H,17H2,1H3/t21-,22+,23+,24-,28-/m1/s1. The van der Waals surface area contributed by atoms with Crippen molar-refractivity contribution in [2.75, 3.05) is 13.7 Å². The molecule has 0 aromatic heterocycles. The molecule has 37 heavy (non-hydrogen) atoms. The Morgan fingerprint density at radius 3 is 1.78 bits per heavy atom. The molecule has 0 radical (unpaired) electrons. The molecule has 0 unspecified atom stereocenters. The summed E-state index contributed by atoms with van der Waals surface area (Å²) in [4.78, 5) is 38.0. The summed E-state index contributed by atoms with van der Waals surface area (Å²) in [7, 11) is 1.32. The van der Waals surface area contributed by atoms with Gasteiger partial charge in [-0.2, -0.15) is 0 Å². The number of methoxy groups -OCH3 is 1. The van der Waals surface area contributed by atoms with Crippen LogP contribution in [0.25, 0.3) is 0 Å².